The van der Waals surface area contributed by atoms with Gasteiger partial charge in [-0.05, 0) is 43.5 Å². The summed E-state index contributed by atoms with van der Waals surface area (Å²) < 4.78 is 26.5. The zero-order valence-corrected chi connectivity index (χ0v) is 15.3. The third-order valence-corrected chi connectivity index (χ3v) is 6.48. The highest BCUT2D eigenvalue weighted by molar-refractivity contribution is 5.94. The van der Waals surface area contributed by atoms with Gasteiger partial charge in [0.25, 0.3) is 5.91 Å². The molecule has 2 amide bonds. The first-order valence-corrected chi connectivity index (χ1v) is 9.76. The summed E-state index contributed by atoms with van der Waals surface area (Å²) in [7, 11) is 0. The minimum Gasteiger partial charge on any atom is -0.339 e. The molecule has 0 radical (unpaired) electrons. The van der Waals surface area contributed by atoms with E-state index in [1.807, 2.05) is 4.90 Å². The molecule has 1 aromatic carbocycles. The number of nitrogens with zero attached hydrogens (tertiary/aromatic N) is 2. The van der Waals surface area contributed by atoms with E-state index in [1.165, 1.54) is 12.5 Å². The van der Waals surface area contributed by atoms with E-state index in [-0.39, 0.29) is 22.8 Å². The van der Waals surface area contributed by atoms with Gasteiger partial charge in [0, 0.05) is 38.3 Å². The molecule has 1 aliphatic carbocycles. The first-order valence-electron chi connectivity index (χ1n) is 9.76. The maximum Gasteiger partial charge on any atom is 0.254 e. The first kappa shape index (κ1) is 18.3. The first-order chi connectivity index (χ1) is 13.0. The van der Waals surface area contributed by atoms with Crippen LogP contribution in [0.5, 0.6) is 0 Å². The molecule has 5 nitrogen and oxygen atoms in total. The molecular weight excluding hydrogens is 352 g/mol. The second-order valence-electron chi connectivity index (χ2n) is 7.94. The third kappa shape index (κ3) is 3.22. The lowest BCUT2D eigenvalue weighted by Gasteiger charge is -2.43. The Morgan fingerprint density at radius 2 is 1.78 bits per heavy atom. The molecule has 2 heterocycles. The van der Waals surface area contributed by atoms with Gasteiger partial charge in [-0.15, -0.1) is 0 Å². The quantitative estimate of drug-likeness (QED) is 0.858. The number of carbonyl (C=O) groups excluding carboxylic acids is 2. The van der Waals surface area contributed by atoms with Crippen LogP contribution >= 0.6 is 0 Å². The van der Waals surface area contributed by atoms with E-state index < -0.39 is 11.6 Å². The largest absolute Gasteiger partial charge is 0.339 e. The van der Waals surface area contributed by atoms with Crippen molar-refractivity contribution >= 4 is 11.8 Å². The van der Waals surface area contributed by atoms with Crippen molar-refractivity contribution in [3.63, 3.8) is 0 Å². The molecule has 1 saturated carbocycles. The molecule has 27 heavy (non-hydrogen) atoms. The van der Waals surface area contributed by atoms with E-state index >= 15 is 0 Å². The van der Waals surface area contributed by atoms with Gasteiger partial charge in [-0.2, -0.15) is 0 Å². The Morgan fingerprint density at radius 3 is 2.52 bits per heavy atom. The molecule has 3 aliphatic rings. The number of fused-ring (bicyclic) bond motifs is 1. The van der Waals surface area contributed by atoms with Crippen LogP contribution in [0.4, 0.5) is 8.78 Å². The second kappa shape index (κ2) is 7.19. The lowest BCUT2D eigenvalue weighted by molar-refractivity contribution is -0.146. The lowest BCUT2D eigenvalue weighted by Crippen LogP contribution is -2.56. The van der Waals surface area contributed by atoms with Gasteiger partial charge in [0.15, 0.2) is 11.6 Å². The summed E-state index contributed by atoms with van der Waals surface area (Å²) in [6, 6.07) is 3.21. The van der Waals surface area contributed by atoms with Crippen LogP contribution in [0.3, 0.4) is 0 Å². The number of halogens is 2. The van der Waals surface area contributed by atoms with Gasteiger partial charge in [-0.1, -0.05) is 12.8 Å². The van der Waals surface area contributed by atoms with E-state index in [0.29, 0.717) is 32.1 Å². The van der Waals surface area contributed by atoms with Crippen molar-refractivity contribution in [1.82, 2.24) is 15.1 Å². The smallest absolute Gasteiger partial charge is 0.254 e. The highest BCUT2D eigenvalue weighted by Gasteiger charge is 2.51. The molecule has 2 aliphatic heterocycles. The summed E-state index contributed by atoms with van der Waals surface area (Å²) in [4.78, 5) is 29.3. The van der Waals surface area contributed by atoms with Crippen LogP contribution < -0.4 is 5.32 Å². The SMILES string of the molecule is O=C(c1ccc(F)c(F)c1)N1CCN(C(=O)[C@@]23CCCC[C@H]2CNC3)CC1. The molecule has 3 fully saturated rings. The van der Waals surface area contributed by atoms with Crippen LogP contribution in [0.2, 0.25) is 0 Å². The van der Waals surface area contributed by atoms with E-state index in [4.69, 9.17) is 0 Å². The predicted octanol–water partition coefficient (Wildman–Crippen LogP) is 2.03. The number of amides is 2. The fourth-order valence-corrected chi connectivity index (χ4v) is 4.91. The molecule has 4 rings (SSSR count). The minimum absolute atomic E-state index is 0.139. The predicted molar refractivity (Wildman–Crippen MR) is 96.1 cm³/mol. The van der Waals surface area contributed by atoms with Gasteiger partial charge in [0.05, 0.1) is 5.41 Å². The summed E-state index contributed by atoms with van der Waals surface area (Å²) in [5.74, 6) is -1.67. The standard InChI is InChI=1S/C20H25F2N3O2/c21-16-5-4-14(11-17(16)22)18(26)24-7-9-25(10-8-24)19(27)20-6-2-1-3-15(20)12-23-13-20/h4-5,11,15,23H,1-3,6-10,12-13H2/t15-,20+/m0/s1. The van der Waals surface area contributed by atoms with Crippen molar-refractivity contribution in [3.8, 4) is 0 Å². The van der Waals surface area contributed by atoms with Gasteiger partial charge in [0.2, 0.25) is 5.91 Å². The number of piperazine rings is 1. The van der Waals surface area contributed by atoms with Gasteiger partial charge < -0.3 is 15.1 Å². The summed E-state index contributed by atoms with van der Waals surface area (Å²) in [5.41, 5.74) is -0.135. The van der Waals surface area contributed by atoms with E-state index in [1.54, 1.807) is 4.90 Å². The Balaban J connectivity index is 1.40. The van der Waals surface area contributed by atoms with E-state index in [2.05, 4.69) is 5.32 Å². The summed E-state index contributed by atoms with van der Waals surface area (Å²) in [5, 5.41) is 3.41. The van der Waals surface area contributed by atoms with Crippen molar-refractivity contribution in [3.05, 3.63) is 35.4 Å². The maximum atomic E-state index is 13.4. The topological polar surface area (TPSA) is 52.7 Å². The highest BCUT2D eigenvalue weighted by Crippen LogP contribution is 2.45. The number of carbonyl (C=O) groups is 2. The van der Waals surface area contributed by atoms with E-state index in [0.717, 1.165) is 44.5 Å². The minimum atomic E-state index is -1.02. The third-order valence-electron chi connectivity index (χ3n) is 6.48. The monoisotopic (exact) mass is 377 g/mol. The number of benzene rings is 1. The summed E-state index contributed by atoms with van der Waals surface area (Å²) in [6.07, 6.45) is 4.33. The van der Waals surface area contributed by atoms with Gasteiger partial charge >= 0.3 is 0 Å². The molecule has 1 N–H and O–H groups in total. The van der Waals surface area contributed by atoms with Crippen molar-refractivity contribution in [1.29, 1.82) is 0 Å². The van der Waals surface area contributed by atoms with Crippen molar-refractivity contribution in [2.75, 3.05) is 39.3 Å². The van der Waals surface area contributed by atoms with Gasteiger partial charge in [0.1, 0.15) is 0 Å². The summed E-state index contributed by atoms with van der Waals surface area (Å²) >= 11 is 0. The maximum absolute atomic E-state index is 13.4. The average molecular weight is 377 g/mol. The average Bonchev–Trinajstić information content (AvgIpc) is 3.14. The highest BCUT2D eigenvalue weighted by atomic mass is 19.2. The Kier molecular flexibility index (Phi) is 4.88. The Labute approximate surface area is 157 Å². The molecule has 1 aromatic rings. The number of rotatable bonds is 2. The zero-order valence-electron chi connectivity index (χ0n) is 15.3. The molecule has 2 atom stereocenters. The van der Waals surface area contributed by atoms with Crippen LogP contribution in [-0.4, -0.2) is 60.9 Å². The Bertz CT molecular complexity index is 749. The lowest BCUT2D eigenvalue weighted by atomic mass is 9.67. The molecule has 0 spiro atoms. The van der Waals surface area contributed by atoms with Crippen LogP contribution in [0.1, 0.15) is 36.0 Å². The molecule has 0 bridgehead atoms. The molecule has 2 saturated heterocycles. The van der Waals surface area contributed by atoms with E-state index in [9.17, 15) is 18.4 Å². The molecule has 7 heteroatoms. The van der Waals surface area contributed by atoms with Gasteiger partial charge in [-0.3, -0.25) is 9.59 Å². The van der Waals surface area contributed by atoms with Crippen molar-refractivity contribution in [2.24, 2.45) is 11.3 Å². The number of nitrogens with one attached hydrogen (secondary N) is 1. The summed E-state index contributed by atoms with van der Waals surface area (Å²) in [6.45, 7) is 3.48. The molecule has 0 aromatic heterocycles. The van der Waals surface area contributed by atoms with Crippen LogP contribution in [0, 0.1) is 23.0 Å². The van der Waals surface area contributed by atoms with Crippen LogP contribution in [0.25, 0.3) is 0 Å². The fraction of sp³-hybridized carbons (Fsp3) is 0.600. The van der Waals surface area contributed by atoms with Crippen LogP contribution in [0.15, 0.2) is 18.2 Å². The number of hydrogen-bond acceptors (Lipinski definition) is 3. The van der Waals surface area contributed by atoms with Crippen LogP contribution in [-0.2, 0) is 4.79 Å². The van der Waals surface area contributed by atoms with Crippen molar-refractivity contribution < 1.29 is 18.4 Å². The molecule has 146 valence electrons. The Hall–Kier alpha value is -2.02. The molecule has 0 unspecified atom stereocenters. The second-order valence-corrected chi connectivity index (χ2v) is 7.94. The fourth-order valence-electron chi connectivity index (χ4n) is 4.91. The Morgan fingerprint density at radius 1 is 1.04 bits per heavy atom. The zero-order chi connectivity index (χ0) is 19.0. The number of hydrogen-bond donors (Lipinski definition) is 1. The van der Waals surface area contributed by atoms with Gasteiger partial charge in [-0.25, -0.2) is 8.78 Å². The van der Waals surface area contributed by atoms with Crippen molar-refractivity contribution in [2.45, 2.75) is 25.7 Å². The normalized spacial score (nSPS) is 28.1. The molecular formula is C20H25F2N3O2.